The highest BCUT2D eigenvalue weighted by atomic mass is 16.3. The Morgan fingerprint density at radius 1 is 1.27 bits per heavy atom. The van der Waals surface area contributed by atoms with Crippen LogP contribution in [-0.2, 0) is 6.42 Å². The molecular weight excluding hydrogens is 386 g/mol. The van der Waals surface area contributed by atoms with Gasteiger partial charge in [0.2, 0.25) is 0 Å². The fourth-order valence-electron chi connectivity index (χ4n) is 3.21. The van der Waals surface area contributed by atoms with E-state index in [0.29, 0.717) is 35.7 Å². The van der Waals surface area contributed by atoms with Gasteiger partial charge in [-0.15, -0.1) is 0 Å². The number of nitrogens with one attached hydrogen (secondary N) is 3. The van der Waals surface area contributed by atoms with Gasteiger partial charge in [0.05, 0.1) is 30.3 Å². The van der Waals surface area contributed by atoms with E-state index >= 15 is 0 Å². The lowest BCUT2D eigenvalue weighted by Crippen LogP contribution is -2.22. The topological polar surface area (TPSA) is 137 Å². The number of hydrogen-bond acceptors (Lipinski definition) is 10. The molecule has 10 nitrogen and oxygen atoms in total. The average Bonchev–Trinajstić information content (AvgIpc) is 3.26. The summed E-state index contributed by atoms with van der Waals surface area (Å²) in [6.45, 7) is 1.93. The van der Waals surface area contributed by atoms with Crippen molar-refractivity contribution in [2.24, 2.45) is 10.3 Å². The van der Waals surface area contributed by atoms with Gasteiger partial charge in [0.1, 0.15) is 11.5 Å². The molecule has 0 saturated carbocycles. The number of nitroso groups, excluding NO2 is 1. The van der Waals surface area contributed by atoms with Crippen molar-refractivity contribution >= 4 is 22.7 Å². The molecule has 5 N–H and O–H groups in total. The first-order valence-electron chi connectivity index (χ1n) is 9.49. The number of phenols is 2. The number of likely N-dealkylation sites (N-methyl/N-ethyl adjacent to an activating group) is 1. The zero-order valence-corrected chi connectivity index (χ0v) is 16.7. The average molecular weight is 411 g/mol. The van der Waals surface area contributed by atoms with E-state index < -0.39 is 0 Å². The normalized spacial score (nSPS) is 12.5. The number of rotatable bonds is 10. The predicted molar refractivity (Wildman–Crippen MR) is 116 cm³/mol. The second-order valence-electron chi connectivity index (χ2n) is 6.95. The van der Waals surface area contributed by atoms with Gasteiger partial charge in [-0.1, -0.05) is 5.18 Å². The van der Waals surface area contributed by atoms with Gasteiger partial charge in [-0.3, -0.25) is 0 Å². The molecule has 30 heavy (non-hydrogen) atoms. The first kappa shape index (κ1) is 20.9. The zero-order valence-electron chi connectivity index (χ0n) is 16.7. The Kier molecular flexibility index (Phi) is 6.68. The summed E-state index contributed by atoms with van der Waals surface area (Å²) in [5, 5.41) is 33.4. The number of benzene rings is 2. The van der Waals surface area contributed by atoms with E-state index in [1.807, 2.05) is 18.5 Å². The van der Waals surface area contributed by atoms with Gasteiger partial charge >= 0.3 is 0 Å². The maximum atomic E-state index is 10.4. The van der Waals surface area contributed by atoms with E-state index in [2.05, 4.69) is 25.8 Å². The molecule has 10 heteroatoms. The maximum Gasteiger partial charge on any atom is 0.141 e. The molecule has 1 aliphatic heterocycles. The molecule has 0 spiro atoms. The van der Waals surface area contributed by atoms with E-state index in [0.717, 1.165) is 18.8 Å². The fourth-order valence-corrected chi connectivity index (χ4v) is 3.21. The van der Waals surface area contributed by atoms with E-state index in [1.165, 1.54) is 12.1 Å². The first-order valence-corrected chi connectivity index (χ1v) is 9.49. The molecule has 2 aromatic carbocycles. The van der Waals surface area contributed by atoms with Gasteiger partial charge in [0, 0.05) is 50.4 Å². The van der Waals surface area contributed by atoms with Crippen molar-refractivity contribution in [1.82, 2.24) is 10.2 Å². The van der Waals surface area contributed by atoms with Crippen molar-refractivity contribution in [3.8, 4) is 11.5 Å². The van der Waals surface area contributed by atoms with Crippen LogP contribution in [0.2, 0.25) is 0 Å². The van der Waals surface area contributed by atoms with Crippen molar-refractivity contribution in [3.05, 3.63) is 53.2 Å². The Bertz CT molecular complexity index is 948. The molecular formula is C20H25N7O3. The summed E-state index contributed by atoms with van der Waals surface area (Å²) >= 11 is 0. The molecule has 0 bridgehead atoms. The summed E-state index contributed by atoms with van der Waals surface area (Å²) in [5.74, 6) is -0.0761. The van der Waals surface area contributed by atoms with Crippen molar-refractivity contribution < 1.29 is 10.2 Å². The van der Waals surface area contributed by atoms with Crippen LogP contribution >= 0.6 is 0 Å². The van der Waals surface area contributed by atoms with Crippen LogP contribution in [0.5, 0.6) is 11.5 Å². The predicted octanol–water partition coefficient (Wildman–Crippen LogP) is 3.58. The molecule has 0 fully saturated rings. The van der Waals surface area contributed by atoms with Gasteiger partial charge in [-0.05, 0) is 30.2 Å². The monoisotopic (exact) mass is 411 g/mol. The SMILES string of the molecule is CN(CCN=O)c1cc(O)c(Nc2ccc(N=N)c(CCN3C=CNC3)c2)cc1O. The lowest BCUT2D eigenvalue weighted by atomic mass is 10.1. The Labute approximate surface area is 174 Å². The van der Waals surface area contributed by atoms with Crippen LogP contribution in [0.15, 0.2) is 53.0 Å². The third kappa shape index (κ3) is 4.96. The first-order chi connectivity index (χ1) is 14.5. The zero-order chi connectivity index (χ0) is 21.5. The Morgan fingerprint density at radius 3 is 2.80 bits per heavy atom. The Hall–Kier alpha value is -3.82. The third-order valence-electron chi connectivity index (χ3n) is 4.88. The molecule has 0 atom stereocenters. The number of hydrogen-bond donors (Lipinski definition) is 5. The second-order valence-corrected chi connectivity index (χ2v) is 6.95. The van der Waals surface area contributed by atoms with Gasteiger partial charge in [0.15, 0.2) is 0 Å². The van der Waals surface area contributed by atoms with Gasteiger partial charge in [0.25, 0.3) is 0 Å². The van der Waals surface area contributed by atoms with E-state index in [4.69, 9.17) is 5.53 Å². The van der Waals surface area contributed by atoms with Crippen molar-refractivity contribution in [2.45, 2.75) is 6.42 Å². The van der Waals surface area contributed by atoms with Crippen LogP contribution in [-0.4, -0.2) is 48.5 Å². The maximum absolute atomic E-state index is 10.4. The number of nitrogens with zero attached hydrogens (tertiary/aromatic N) is 4. The number of aromatic hydroxyl groups is 2. The van der Waals surface area contributed by atoms with Gasteiger partial charge in [-0.2, -0.15) is 10.0 Å². The minimum atomic E-state index is -0.0437. The molecule has 1 heterocycles. The van der Waals surface area contributed by atoms with Crippen molar-refractivity contribution in [3.63, 3.8) is 0 Å². The quantitative estimate of drug-likeness (QED) is 0.174. The van der Waals surface area contributed by atoms with Crippen LogP contribution in [0.25, 0.3) is 0 Å². The molecule has 0 aromatic heterocycles. The summed E-state index contributed by atoms with van der Waals surface area (Å²) in [7, 11) is 1.70. The summed E-state index contributed by atoms with van der Waals surface area (Å²) in [5.41, 5.74) is 10.3. The molecule has 0 radical (unpaired) electrons. The van der Waals surface area contributed by atoms with Crippen LogP contribution in [0.1, 0.15) is 5.56 Å². The molecule has 3 rings (SSSR count). The molecule has 0 amide bonds. The van der Waals surface area contributed by atoms with Gasteiger partial charge < -0.3 is 30.6 Å². The standard InChI is InChI=1S/C20H25N7O3/c1-26(8-6-23-30)18-12-19(28)17(11-20(18)29)24-15-2-3-16(25-21)14(10-15)4-7-27-9-5-22-13-27/h2-3,5,9-12,21-22,24,28-29H,4,6-8,13H2,1H3. The minimum Gasteiger partial charge on any atom is -0.506 e. The molecule has 158 valence electrons. The highest BCUT2D eigenvalue weighted by Crippen LogP contribution is 2.38. The van der Waals surface area contributed by atoms with Crippen LogP contribution in [0.4, 0.5) is 22.7 Å². The fraction of sp³-hybridized carbons (Fsp3) is 0.300. The largest absolute Gasteiger partial charge is 0.506 e. The third-order valence-corrected chi connectivity index (χ3v) is 4.88. The van der Waals surface area contributed by atoms with E-state index in [1.54, 1.807) is 24.1 Å². The molecule has 0 unspecified atom stereocenters. The summed E-state index contributed by atoms with van der Waals surface area (Å²) in [4.78, 5) is 14.1. The lowest BCUT2D eigenvalue weighted by molar-refractivity contribution is 0.396. The second kappa shape index (κ2) is 9.59. The Morgan fingerprint density at radius 2 is 2.10 bits per heavy atom. The smallest absolute Gasteiger partial charge is 0.141 e. The summed E-state index contributed by atoms with van der Waals surface area (Å²) in [6.07, 6.45) is 4.56. The molecule has 0 saturated heterocycles. The number of phenolic OH excluding ortho intramolecular Hbond substituents is 2. The van der Waals surface area contributed by atoms with E-state index in [-0.39, 0.29) is 18.0 Å². The summed E-state index contributed by atoms with van der Waals surface area (Å²) < 4.78 is 0. The van der Waals surface area contributed by atoms with Crippen LogP contribution in [0.3, 0.4) is 0 Å². The molecule has 0 aliphatic carbocycles. The van der Waals surface area contributed by atoms with Crippen LogP contribution in [0, 0.1) is 10.4 Å². The highest BCUT2D eigenvalue weighted by molar-refractivity contribution is 5.75. The van der Waals surface area contributed by atoms with Crippen LogP contribution < -0.4 is 15.5 Å². The summed E-state index contributed by atoms with van der Waals surface area (Å²) in [6, 6.07) is 8.25. The lowest BCUT2D eigenvalue weighted by Gasteiger charge is -2.21. The molecule has 1 aliphatic rings. The molecule has 2 aromatic rings. The van der Waals surface area contributed by atoms with Crippen molar-refractivity contribution in [1.29, 1.82) is 5.53 Å². The highest BCUT2D eigenvalue weighted by Gasteiger charge is 2.14. The van der Waals surface area contributed by atoms with Crippen molar-refractivity contribution in [2.75, 3.05) is 43.6 Å². The Balaban J connectivity index is 1.77. The van der Waals surface area contributed by atoms with Gasteiger partial charge in [-0.25, -0.2) is 5.53 Å². The van der Waals surface area contributed by atoms with E-state index in [9.17, 15) is 15.1 Å². The minimum absolute atomic E-state index is 0.0324. The number of anilines is 3.